The number of hydrogen-bond acceptors (Lipinski definition) is 6. The number of ether oxygens (including phenoxy) is 3. The van der Waals surface area contributed by atoms with E-state index in [9.17, 15) is 14.4 Å². The summed E-state index contributed by atoms with van der Waals surface area (Å²) >= 11 is 0. The highest BCUT2D eigenvalue weighted by Gasteiger charge is 2.19. The van der Waals surface area contributed by atoms with E-state index >= 15 is 0 Å². The molecular weight excluding hydrogens is 973 g/mol. The molecule has 0 heterocycles. The fourth-order valence-corrected chi connectivity index (χ4v) is 8.01. The molecule has 0 aliphatic heterocycles. The molecule has 0 aromatic carbocycles. The van der Waals surface area contributed by atoms with E-state index in [1.165, 1.54) is 38.5 Å². The van der Waals surface area contributed by atoms with Crippen LogP contribution < -0.4 is 0 Å². The van der Waals surface area contributed by atoms with E-state index < -0.39 is 6.10 Å². The van der Waals surface area contributed by atoms with Gasteiger partial charge >= 0.3 is 17.9 Å². The smallest absolute Gasteiger partial charge is 0.306 e. The van der Waals surface area contributed by atoms with Crippen molar-refractivity contribution < 1.29 is 28.6 Å². The van der Waals surface area contributed by atoms with Crippen molar-refractivity contribution in [3.63, 3.8) is 0 Å². The molecule has 0 spiro atoms. The molecule has 6 heteroatoms. The lowest BCUT2D eigenvalue weighted by molar-refractivity contribution is -0.167. The van der Waals surface area contributed by atoms with E-state index in [2.05, 4.69) is 191 Å². The first kappa shape index (κ1) is 73.8. The average molecular weight is 1090 g/mol. The Bertz CT molecular complexity index is 1820. The molecular formula is C73H114O6. The van der Waals surface area contributed by atoms with Crippen LogP contribution in [0.2, 0.25) is 0 Å². The Labute approximate surface area is 485 Å². The van der Waals surface area contributed by atoms with Crippen molar-refractivity contribution in [3.8, 4) is 0 Å². The molecule has 0 aliphatic rings. The van der Waals surface area contributed by atoms with Crippen molar-refractivity contribution >= 4 is 17.9 Å². The molecule has 0 saturated carbocycles. The maximum Gasteiger partial charge on any atom is 0.306 e. The Hall–Kier alpha value is -5.23. The van der Waals surface area contributed by atoms with Crippen LogP contribution in [0.5, 0.6) is 0 Å². The van der Waals surface area contributed by atoms with Gasteiger partial charge in [-0.3, -0.25) is 14.4 Å². The van der Waals surface area contributed by atoms with Gasteiger partial charge in [-0.05, 0) is 154 Å². The first-order chi connectivity index (χ1) is 39.0. The lowest BCUT2D eigenvalue weighted by Gasteiger charge is -2.18. The lowest BCUT2D eigenvalue weighted by atomic mass is 10.1. The highest BCUT2D eigenvalue weighted by atomic mass is 16.6. The largest absolute Gasteiger partial charge is 0.462 e. The molecule has 79 heavy (non-hydrogen) atoms. The van der Waals surface area contributed by atoms with Gasteiger partial charge in [0.05, 0.1) is 0 Å². The summed E-state index contributed by atoms with van der Waals surface area (Å²) in [6.45, 7) is 6.33. The van der Waals surface area contributed by atoms with Crippen LogP contribution in [0, 0.1) is 0 Å². The number of rotatable bonds is 55. The maximum atomic E-state index is 12.9. The highest BCUT2D eigenvalue weighted by Crippen LogP contribution is 2.13. The van der Waals surface area contributed by atoms with Crippen molar-refractivity contribution in [1.82, 2.24) is 0 Å². The summed E-state index contributed by atoms with van der Waals surface area (Å²) in [7, 11) is 0. The van der Waals surface area contributed by atoms with Crippen LogP contribution in [0.25, 0.3) is 0 Å². The molecule has 0 amide bonds. The zero-order valence-electron chi connectivity index (χ0n) is 50.6. The standard InChI is InChI=1S/C73H114O6/c1-4-7-10-13-16-19-22-25-27-29-31-32-33-34-35-36-37-38-39-40-42-43-45-48-51-54-57-60-63-66-72(75)78-69-70(68-77-71(74)65-62-59-56-53-50-47-24-21-18-15-12-9-6-3)79-73(76)67-64-61-58-55-52-49-46-44-41-30-28-26-23-20-17-14-11-8-5-2/h7-8,10-11,16-17,19-21,24-28,31-32,34-35,37-38,40-42,44-45,48-49,52,70H,4-6,9,12-15,18,22-23,29-30,33,36,39,43,46-47,50-51,53-69H2,1-3H3/b10-7-,11-8-,19-16-,20-17-,24-21-,27-25-,28-26-,32-31-,35-34-,38-37-,42-40-,44-41-,48-45-,52-49-. The second kappa shape index (κ2) is 65.3. The summed E-state index contributed by atoms with van der Waals surface area (Å²) in [5.41, 5.74) is 0. The third-order valence-corrected chi connectivity index (χ3v) is 12.7. The van der Waals surface area contributed by atoms with Gasteiger partial charge in [0, 0.05) is 19.3 Å². The molecule has 0 aromatic heterocycles. The molecule has 442 valence electrons. The Morgan fingerprint density at radius 3 is 0.797 bits per heavy atom. The number of carbonyl (C=O) groups is 3. The lowest BCUT2D eigenvalue weighted by Crippen LogP contribution is -2.30. The summed E-state index contributed by atoms with van der Waals surface area (Å²) in [6.07, 6.45) is 96.4. The summed E-state index contributed by atoms with van der Waals surface area (Å²) in [6, 6.07) is 0. The topological polar surface area (TPSA) is 78.9 Å². The normalized spacial score (nSPS) is 13.3. The van der Waals surface area contributed by atoms with Gasteiger partial charge in [0.2, 0.25) is 0 Å². The number of allylic oxidation sites excluding steroid dienone is 28. The van der Waals surface area contributed by atoms with Crippen LogP contribution in [0.1, 0.15) is 252 Å². The second-order valence-electron chi connectivity index (χ2n) is 20.2. The number of hydrogen-bond donors (Lipinski definition) is 0. The van der Waals surface area contributed by atoms with Crippen LogP contribution in [0.4, 0.5) is 0 Å². The highest BCUT2D eigenvalue weighted by molar-refractivity contribution is 5.71. The fraction of sp³-hybridized carbons (Fsp3) is 0.575. The first-order valence-corrected chi connectivity index (χ1v) is 31.6. The molecule has 1 atom stereocenters. The van der Waals surface area contributed by atoms with Gasteiger partial charge < -0.3 is 14.2 Å². The molecule has 0 radical (unpaired) electrons. The van der Waals surface area contributed by atoms with E-state index in [4.69, 9.17) is 14.2 Å². The summed E-state index contributed by atoms with van der Waals surface area (Å²) < 4.78 is 16.8. The minimum absolute atomic E-state index is 0.112. The Kier molecular flexibility index (Phi) is 61.0. The zero-order chi connectivity index (χ0) is 57.1. The van der Waals surface area contributed by atoms with Crippen molar-refractivity contribution in [2.24, 2.45) is 0 Å². The summed E-state index contributed by atoms with van der Waals surface area (Å²) in [5.74, 6) is -0.985. The van der Waals surface area contributed by atoms with Gasteiger partial charge in [-0.1, -0.05) is 249 Å². The Morgan fingerprint density at radius 2 is 0.494 bits per heavy atom. The fourth-order valence-electron chi connectivity index (χ4n) is 8.01. The minimum Gasteiger partial charge on any atom is -0.462 e. The molecule has 6 nitrogen and oxygen atoms in total. The summed E-state index contributed by atoms with van der Waals surface area (Å²) in [4.78, 5) is 38.3. The first-order valence-electron chi connectivity index (χ1n) is 31.6. The average Bonchev–Trinajstić information content (AvgIpc) is 3.45. The van der Waals surface area contributed by atoms with E-state index in [0.29, 0.717) is 19.3 Å². The van der Waals surface area contributed by atoms with Crippen molar-refractivity contribution in [3.05, 3.63) is 170 Å². The Balaban J connectivity index is 4.47. The van der Waals surface area contributed by atoms with E-state index in [1.807, 2.05) is 0 Å². The molecule has 0 N–H and O–H groups in total. The molecule has 0 aliphatic carbocycles. The molecule has 1 unspecified atom stereocenters. The van der Waals surface area contributed by atoms with Crippen LogP contribution in [0.3, 0.4) is 0 Å². The third kappa shape index (κ3) is 63.5. The van der Waals surface area contributed by atoms with Crippen LogP contribution in [-0.2, 0) is 28.6 Å². The van der Waals surface area contributed by atoms with Gasteiger partial charge in [0.1, 0.15) is 13.2 Å². The van der Waals surface area contributed by atoms with Crippen molar-refractivity contribution in [1.29, 1.82) is 0 Å². The van der Waals surface area contributed by atoms with Crippen molar-refractivity contribution in [2.45, 2.75) is 258 Å². The van der Waals surface area contributed by atoms with Gasteiger partial charge in [0.15, 0.2) is 6.10 Å². The number of unbranched alkanes of at least 4 members (excludes halogenated alkanes) is 16. The minimum atomic E-state index is -0.820. The molecule has 0 fully saturated rings. The van der Waals surface area contributed by atoms with Crippen LogP contribution in [0.15, 0.2) is 170 Å². The molecule has 0 bridgehead atoms. The van der Waals surface area contributed by atoms with E-state index in [1.54, 1.807) is 0 Å². The van der Waals surface area contributed by atoms with Crippen molar-refractivity contribution in [2.75, 3.05) is 13.2 Å². The number of carbonyl (C=O) groups excluding carboxylic acids is 3. The summed E-state index contributed by atoms with van der Waals surface area (Å²) in [5, 5.41) is 0. The van der Waals surface area contributed by atoms with Crippen LogP contribution in [-0.4, -0.2) is 37.2 Å². The quantitative estimate of drug-likeness (QED) is 0.0261. The molecule has 0 aromatic rings. The molecule has 0 saturated heterocycles. The maximum absolute atomic E-state index is 12.9. The number of esters is 3. The predicted octanol–water partition coefficient (Wildman–Crippen LogP) is 21.9. The van der Waals surface area contributed by atoms with Gasteiger partial charge in [-0.15, -0.1) is 0 Å². The van der Waals surface area contributed by atoms with E-state index in [0.717, 1.165) is 167 Å². The van der Waals surface area contributed by atoms with Gasteiger partial charge in [-0.2, -0.15) is 0 Å². The van der Waals surface area contributed by atoms with Gasteiger partial charge in [-0.25, -0.2) is 0 Å². The van der Waals surface area contributed by atoms with Gasteiger partial charge in [0.25, 0.3) is 0 Å². The van der Waals surface area contributed by atoms with E-state index in [-0.39, 0.29) is 37.5 Å². The second-order valence-corrected chi connectivity index (χ2v) is 20.2. The molecule has 0 rings (SSSR count). The predicted molar refractivity (Wildman–Crippen MR) is 343 cm³/mol. The Morgan fingerprint density at radius 1 is 0.266 bits per heavy atom. The third-order valence-electron chi connectivity index (χ3n) is 12.7. The van der Waals surface area contributed by atoms with Crippen LogP contribution >= 0.6 is 0 Å². The zero-order valence-corrected chi connectivity index (χ0v) is 50.6. The SMILES string of the molecule is CC/C=C\C/C=C\C/C=C\C/C=C\C/C=C\C/C=C\C/C=C\C/C=C\CCCCCCC(=O)OCC(COC(=O)CCCCCCC/C=C\CCCCCC)OC(=O)CCCCC/C=C\C/C=C\C/C=C\C/C=C\C/C=C\CC. The monoisotopic (exact) mass is 1090 g/mol.